The lowest BCUT2D eigenvalue weighted by molar-refractivity contribution is 0.0235. The standard InChI is InChI=1S/C16H20ClNO2S/c1-3-13(18)16(14-7-8-15(17)21-14)20-10-11-5-4-6-12(9-11)19-2/h4-9,13,16H,3,10,18H2,1-2H3. The molecule has 0 bridgehead atoms. The molecule has 0 aliphatic heterocycles. The van der Waals surface area contributed by atoms with Crippen molar-refractivity contribution in [3.63, 3.8) is 0 Å². The molecule has 0 spiro atoms. The Hall–Kier alpha value is -1.07. The zero-order valence-corrected chi connectivity index (χ0v) is 13.8. The number of hydrogen-bond acceptors (Lipinski definition) is 4. The molecule has 1 aromatic heterocycles. The van der Waals surface area contributed by atoms with Gasteiger partial charge < -0.3 is 15.2 Å². The molecule has 2 atom stereocenters. The van der Waals surface area contributed by atoms with Gasteiger partial charge in [0.25, 0.3) is 0 Å². The van der Waals surface area contributed by atoms with Gasteiger partial charge in [0.1, 0.15) is 11.9 Å². The Bertz CT molecular complexity index is 573. The summed E-state index contributed by atoms with van der Waals surface area (Å²) in [7, 11) is 1.66. The minimum absolute atomic E-state index is 0.0506. The molecule has 5 heteroatoms. The summed E-state index contributed by atoms with van der Waals surface area (Å²) in [5.74, 6) is 0.826. The Balaban J connectivity index is 2.08. The molecule has 0 aliphatic rings. The van der Waals surface area contributed by atoms with E-state index >= 15 is 0 Å². The van der Waals surface area contributed by atoms with Crippen molar-refractivity contribution in [2.24, 2.45) is 5.73 Å². The second-order valence-electron chi connectivity index (χ2n) is 4.80. The minimum Gasteiger partial charge on any atom is -0.497 e. The molecule has 21 heavy (non-hydrogen) atoms. The van der Waals surface area contributed by atoms with Crippen LogP contribution in [0.1, 0.15) is 29.9 Å². The van der Waals surface area contributed by atoms with Crippen LogP contribution in [0.3, 0.4) is 0 Å². The maximum absolute atomic E-state index is 6.19. The molecular weight excluding hydrogens is 306 g/mol. The summed E-state index contributed by atoms with van der Waals surface area (Å²) in [5.41, 5.74) is 7.25. The predicted octanol–water partition coefficient (Wildman–Crippen LogP) is 4.41. The van der Waals surface area contributed by atoms with Crippen molar-refractivity contribution in [3.8, 4) is 5.75 Å². The van der Waals surface area contributed by atoms with Gasteiger partial charge in [-0.05, 0) is 36.2 Å². The number of methoxy groups -OCH3 is 1. The van der Waals surface area contributed by atoms with Crippen molar-refractivity contribution in [1.29, 1.82) is 0 Å². The largest absolute Gasteiger partial charge is 0.497 e. The lowest BCUT2D eigenvalue weighted by Crippen LogP contribution is -2.29. The second-order valence-corrected chi connectivity index (χ2v) is 6.54. The third kappa shape index (κ3) is 4.45. The van der Waals surface area contributed by atoms with Gasteiger partial charge in [-0.1, -0.05) is 30.7 Å². The van der Waals surface area contributed by atoms with E-state index in [0.717, 1.165) is 26.9 Å². The van der Waals surface area contributed by atoms with Crippen LogP contribution in [0.5, 0.6) is 5.75 Å². The number of halogens is 1. The highest BCUT2D eigenvalue weighted by atomic mass is 35.5. The molecule has 3 nitrogen and oxygen atoms in total. The molecule has 0 aliphatic carbocycles. The van der Waals surface area contributed by atoms with Gasteiger partial charge in [-0.2, -0.15) is 0 Å². The minimum atomic E-state index is -0.140. The molecule has 2 unspecified atom stereocenters. The maximum atomic E-state index is 6.19. The number of ether oxygens (including phenoxy) is 2. The normalized spacial score (nSPS) is 13.9. The molecule has 1 aromatic carbocycles. The number of thiophene rings is 1. The van der Waals surface area contributed by atoms with Gasteiger partial charge in [0.05, 0.1) is 18.1 Å². The average molecular weight is 326 g/mol. The summed E-state index contributed by atoms with van der Waals surface area (Å²) in [6.07, 6.45) is 0.705. The van der Waals surface area contributed by atoms with Crippen LogP contribution >= 0.6 is 22.9 Å². The first-order chi connectivity index (χ1) is 10.1. The lowest BCUT2D eigenvalue weighted by Gasteiger charge is -2.22. The first kappa shape index (κ1) is 16.3. The quantitative estimate of drug-likeness (QED) is 0.820. The maximum Gasteiger partial charge on any atom is 0.119 e. The van der Waals surface area contributed by atoms with Gasteiger partial charge in [-0.25, -0.2) is 0 Å². The number of hydrogen-bond donors (Lipinski definition) is 1. The third-order valence-corrected chi connectivity index (χ3v) is 4.59. The number of nitrogens with two attached hydrogens (primary N) is 1. The molecule has 2 N–H and O–H groups in total. The van der Waals surface area contributed by atoms with E-state index in [4.69, 9.17) is 26.8 Å². The van der Waals surface area contributed by atoms with Crippen molar-refractivity contribution >= 4 is 22.9 Å². The summed E-state index contributed by atoms with van der Waals surface area (Å²) in [6.45, 7) is 2.55. The van der Waals surface area contributed by atoms with E-state index in [1.54, 1.807) is 7.11 Å². The monoisotopic (exact) mass is 325 g/mol. The zero-order chi connectivity index (χ0) is 15.2. The topological polar surface area (TPSA) is 44.5 Å². The van der Waals surface area contributed by atoms with Crippen LogP contribution in [-0.2, 0) is 11.3 Å². The summed E-state index contributed by atoms with van der Waals surface area (Å²) >= 11 is 7.53. The smallest absolute Gasteiger partial charge is 0.119 e. The van der Waals surface area contributed by atoms with Gasteiger partial charge >= 0.3 is 0 Å². The zero-order valence-electron chi connectivity index (χ0n) is 12.2. The van der Waals surface area contributed by atoms with Crippen molar-refractivity contribution in [3.05, 3.63) is 51.2 Å². The van der Waals surface area contributed by atoms with E-state index < -0.39 is 0 Å². The molecule has 2 aromatic rings. The van der Waals surface area contributed by atoms with Crippen LogP contribution in [-0.4, -0.2) is 13.2 Å². The Morgan fingerprint density at radius 2 is 2.10 bits per heavy atom. The van der Waals surface area contributed by atoms with Crippen molar-refractivity contribution in [1.82, 2.24) is 0 Å². The van der Waals surface area contributed by atoms with E-state index in [0.29, 0.717) is 6.61 Å². The first-order valence-electron chi connectivity index (χ1n) is 6.89. The van der Waals surface area contributed by atoms with Gasteiger partial charge in [0.15, 0.2) is 0 Å². The van der Waals surface area contributed by atoms with Crippen LogP contribution in [0.2, 0.25) is 4.34 Å². The van der Waals surface area contributed by atoms with Gasteiger partial charge in [-0.15, -0.1) is 11.3 Å². The number of benzene rings is 1. The first-order valence-corrected chi connectivity index (χ1v) is 8.08. The van der Waals surface area contributed by atoms with Crippen molar-refractivity contribution < 1.29 is 9.47 Å². The average Bonchev–Trinajstić information content (AvgIpc) is 2.93. The summed E-state index contributed by atoms with van der Waals surface area (Å²) in [4.78, 5) is 1.07. The molecule has 0 saturated heterocycles. The van der Waals surface area contributed by atoms with E-state index in [9.17, 15) is 0 Å². The van der Waals surface area contributed by atoms with Crippen LogP contribution in [0.25, 0.3) is 0 Å². The molecule has 0 amide bonds. The second kappa shape index (κ2) is 7.80. The molecular formula is C16H20ClNO2S. The third-order valence-electron chi connectivity index (χ3n) is 3.30. The fraction of sp³-hybridized carbons (Fsp3) is 0.375. The van der Waals surface area contributed by atoms with E-state index in [1.165, 1.54) is 11.3 Å². The van der Waals surface area contributed by atoms with Gasteiger partial charge in [0.2, 0.25) is 0 Å². The van der Waals surface area contributed by atoms with E-state index in [-0.39, 0.29) is 12.1 Å². The van der Waals surface area contributed by atoms with Crippen LogP contribution in [0.4, 0.5) is 0 Å². The molecule has 0 radical (unpaired) electrons. The predicted molar refractivity (Wildman–Crippen MR) is 88.1 cm³/mol. The summed E-state index contributed by atoms with van der Waals surface area (Å²) < 4.78 is 12.0. The van der Waals surface area contributed by atoms with Crippen molar-refractivity contribution in [2.45, 2.75) is 32.1 Å². The summed E-state index contributed by atoms with van der Waals surface area (Å²) in [5, 5.41) is 0. The highest BCUT2D eigenvalue weighted by molar-refractivity contribution is 7.16. The Morgan fingerprint density at radius 3 is 2.71 bits per heavy atom. The van der Waals surface area contributed by atoms with Gasteiger partial charge in [-0.3, -0.25) is 0 Å². The molecule has 1 heterocycles. The molecule has 2 rings (SSSR count). The van der Waals surface area contributed by atoms with Crippen LogP contribution < -0.4 is 10.5 Å². The molecule has 0 saturated carbocycles. The van der Waals surface area contributed by atoms with Crippen molar-refractivity contribution in [2.75, 3.05) is 7.11 Å². The molecule has 0 fully saturated rings. The highest BCUT2D eigenvalue weighted by Gasteiger charge is 2.21. The Morgan fingerprint density at radius 1 is 1.29 bits per heavy atom. The lowest BCUT2D eigenvalue weighted by atomic mass is 10.1. The Kier molecular flexibility index (Phi) is 6.06. The summed E-state index contributed by atoms with van der Waals surface area (Å²) in [6, 6.07) is 11.7. The molecule has 114 valence electrons. The fourth-order valence-corrected chi connectivity index (χ4v) is 3.25. The fourth-order valence-electron chi connectivity index (χ4n) is 2.06. The van der Waals surface area contributed by atoms with E-state index in [1.807, 2.05) is 36.4 Å². The number of rotatable bonds is 7. The highest BCUT2D eigenvalue weighted by Crippen LogP contribution is 2.32. The van der Waals surface area contributed by atoms with Crippen LogP contribution in [0, 0.1) is 0 Å². The Labute approximate surface area is 134 Å². The SMILES string of the molecule is CCC(N)C(OCc1cccc(OC)c1)c1ccc(Cl)s1. The van der Waals surface area contributed by atoms with Gasteiger partial charge in [0, 0.05) is 10.9 Å². The van der Waals surface area contributed by atoms with E-state index in [2.05, 4.69) is 6.92 Å². The van der Waals surface area contributed by atoms with Crippen LogP contribution in [0.15, 0.2) is 36.4 Å².